The lowest BCUT2D eigenvalue weighted by molar-refractivity contribution is -0.0502. The van der Waals surface area contributed by atoms with Crippen molar-refractivity contribution in [1.29, 1.82) is 0 Å². The minimum absolute atomic E-state index is 0.254. The van der Waals surface area contributed by atoms with Gasteiger partial charge < -0.3 is 9.15 Å². The first-order valence-corrected chi connectivity index (χ1v) is 7.09. The van der Waals surface area contributed by atoms with Crippen LogP contribution in [0.3, 0.4) is 0 Å². The summed E-state index contributed by atoms with van der Waals surface area (Å²) in [5, 5.41) is 0. The van der Waals surface area contributed by atoms with Gasteiger partial charge in [0.2, 0.25) is 0 Å². The van der Waals surface area contributed by atoms with Crippen LogP contribution in [0.2, 0.25) is 0 Å². The zero-order valence-corrected chi connectivity index (χ0v) is 11.9. The SMILES string of the molecule is C[C@@H]1CN(CCn2c(=O)oc3ccccc32)[C@@H](C)CO1. The number of benzene rings is 1. The fourth-order valence-corrected chi connectivity index (χ4v) is 2.74. The molecule has 0 amide bonds. The molecule has 5 heteroatoms. The van der Waals surface area contributed by atoms with Gasteiger partial charge in [-0.2, -0.15) is 0 Å². The standard InChI is InChI=1S/C15H20N2O3/c1-11-10-19-12(2)9-16(11)7-8-17-13-5-3-4-6-14(13)20-15(17)18/h3-6,11-12H,7-10H2,1-2H3/t11-,12+/m0/s1. The Morgan fingerprint density at radius 2 is 2.05 bits per heavy atom. The number of ether oxygens (including phenoxy) is 1. The summed E-state index contributed by atoms with van der Waals surface area (Å²) in [6, 6.07) is 7.94. The first-order chi connectivity index (χ1) is 9.65. The number of morpholine rings is 1. The van der Waals surface area contributed by atoms with Crippen LogP contribution in [0.25, 0.3) is 11.1 Å². The summed E-state index contributed by atoms with van der Waals surface area (Å²) in [5.74, 6) is -0.278. The lowest BCUT2D eigenvalue weighted by Crippen LogP contribution is -2.48. The summed E-state index contributed by atoms with van der Waals surface area (Å²) in [6.45, 7) is 7.37. The number of para-hydroxylation sites is 2. The molecule has 2 aromatic rings. The molecule has 1 aliphatic heterocycles. The van der Waals surface area contributed by atoms with Crippen molar-refractivity contribution in [2.75, 3.05) is 19.7 Å². The highest BCUT2D eigenvalue weighted by Crippen LogP contribution is 2.14. The third-order valence-electron chi connectivity index (χ3n) is 3.92. The fraction of sp³-hybridized carbons (Fsp3) is 0.533. The maximum absolute atomic E-state index is 11.9. The van der Waals surface area contributed by atoms with E-state index in [-0.39, 0.29) is 11.9 Å². The van der Waals surface area contributed by atoms with Crippen molar-refractivity contribution in [3.05, 3.63) is 34.8 Å². The molecule has 1 saturated heterocycles. The number of fused-ring (bicyclic) bond motifs is 1. The largest absolute Gasteiger partial charge is 0.419 e. The van der Waals surface area contributed by atoms with Crippen LogP contribution >= 0.6 is 0 Å². The summed E-state index contributed by atoms with van der Waals surface area (Å²) >= 11 is 0. The number of oxazole rings is 1. The monoisotopic (exact) mass is 276 g/mol. The van der Waals surface area contributed by atoms with Crippen LogP contribution in [-0.2, 0) is 11.3 Å². The Morgan fingerprint density at radius 3 is 2.90 bits per heavy atom. The second-order valence-corrected chi connectivity index (χ2v) is 5.48. The topological polar surface area (TPSA) is 47.6 Å². The molecule has 0 N–H and O–H groups in total. The molecule has 1 aliphatic rings. The van der Waals surface area contributed by atoms with Gasteiger partial charge in [-0.05, 0) is 26.0 Å². The second-order valence-electron chi connectivity index (χ2n) is 5.48. The highest BCUT2D eigenvalue weighted by Gasteiger charge is 2.23. The molecule has 1 aromatic carbocycles. The molecule has 0 spiro atoms. The first-order valence-electron chi connectivity index (χ1n) is 7.09. The van der Waals surface area contributed by atoms with Gasteiger partial charge in [-0.25, -0.2) is 4.79 Å². The van der Waals surface area contributed by atoms with E-state index >= 15 is 0 Å². The summed E-state index contributed by atoms with van der Waals surface area (Å²) in [7, 11) is 0. The Bertz CT molecular complexity index is 646. The van der Waals surface area contributed by atoms with E-state index in [9.17, 15) is 4.79 Å². The Hall–Kier alpha value is -1.59. The van der Waals surface area contributed by atoms with Crippen molar-refractivity contribution in [3.8, 4) is 0 Å². The lowest BCUT2D eigenvalue weighted by Gasteiger charge is -2.36. The minimum Gasteiger partial charge on any atom is -0.408 e. The molecule has 0 bridgehead atoms. The van der Waals surface area contributed by atoms with Gasteiger partial charge in [0.25, 0.3) is 0 Å². The van der Waals surface area contributed by atoms with Crippen molar-refractivity contribution in [3.63, 3.8) is 0 Å². The molecule has 1 fully saturated rings. The third kappa shape index (κ3) is 2.51. The van der Waals surface area contributed by atoms with Gasteiger partial charge in [-0.3, -0.25) is 9.47 Å². The van der Waals surface area contributed by atoms with Gasteiger partial charge in [0.1, 0.15) is 0 Å². The molecule has 3 rings (SSSR count). The van der Waals surface area contributed by atoms with Crippen molar-refractivity contribution < 1.29 is 9.15 Å². The van der Waals surface area contributed by atoms with Gasteiger partial charge in [0.15, 0.2) is 5.58 Å². The van der Waals surface area contributed by atoms with E-state index in [1.54, 1.807) is 4.57 Å². The fourth-order valence-electron chi connectivity index (χ4n) is 2.74. The van der Waals surface area contributed by atoms with Crippen LogP contribution in [-0.4, -0.2) is 41.3 Å². The van der Waals surface area contributed by atoms with E-state index in [1.807, 2.05) is 24.3 Å². The summed E-state index contributed by atoms with van der Waals surface area (Å²) in [6.07, 6.45) is 0.254. The zero-order valence-electron chi connectivity index (χ0n) is 11.9. The van der Waals surface area contributed by atoms with Crippen LogP contribution < -0.4 is 5.76 Å². The average Bonchev–Trinajstić information content (AvgIpc) is 2.75. The number of hydrogen-bond donors (Lipinski definition) is 0. The molecule has 2 atom stereocenters. The molecule has 2 heterocycles. The van der Waals surface area contributed by atoms with Gasteiger partial charge in [-0.1, -0.05) is 12.1 Å². The lowest BCUT2D eigenvalue weighted by atomic mass is 10.2. The van der Waals surface area contributed by atoms with Crippen LogP contribution in [0.5, 0.6) is 0 Å². The van der Waals surface area contributed by atoms with Gasteiger partial charge in [0, 0.05) is 25.7 Å². The number of nitrogens with zero attached hydrogens (tertiary/aromatic N) is 2. The predicted molar refractivity (Wildman–Crippen MR) is 76.9 cm³/mol. The first kappa shape index (κ1) is 13.4. The molecule has 0 aliphatic carbocycles. The highest BCUT2D eigenvalue weighted by molar-refractivity contribution is 5.72. The molecule has 108 valence electrons. The number of aromatic nitrogens is 1. The Labute approximate surface area is 117 Å². The van der Waals surface area contributed by atoms with Crippen molar-refractivity contribution in [2.45, 2.75) is 32.5 Å². The summed E-state index contributed by atoms with van der Waals surface area (Å²) < 4.78 is 12.6. The van der Waals surface area contributed by atoms with E-state index in [0.29, 0.717) is 18.2 Å². The smallest absolute Gasteiger partial charge is 0.408 e. The van der Waals surface area contributed by atoms with Crippen molar-refractivity contribution in [2.24, 2.45) is 0 Å². The van der Waals surface area contributed by atoms with Crippen molar-refractivity contribution >= 4 is 11.1 Å². The van der Waals surface area contributed by atoms with E-state index < -0.39 is 0 Å². The molecule has 20 heavy (non-hydrogen) atoms. The molecular weight excluding hydrogens is 256 g/mol. The Kier molecular flexibility index (Phi) is 3.63. The highest BCUT2D eigenvalue weighted by atomic mass is 16.5. The molecule has 1 aromatic heterocycles. The van der Waals surface area contributed by atoms with Crippen LogP contribution in [0.15, 0.2) is 33.5 Å². The second kappa shape index (κ2) is 5.42. The van der Waals surface area contributed by atoms with E-state index in [2.05, 4.69) is 18.7 Å². The number of rotatable bonds is 3. The normalized spacial score (nSPS) is 24.3. The predicted octanol–water partition coefficient (Wildman–Crippen LogP) is 1.70. The van der Waals surface area contributed by atoms with Crippen LogP contribution in [0.4, 0.5) is 0 Å². The van der Waals surface area contributed by atoms with Gasteiger partial charge in [-0.15, -0.1) is 0 Å². The molecule has 0 saturated carbocycles. The van der Waals surface area contributed by atoms with Crippen LogP contribution in [0.1, 0.15) is 13.8 Å². The van der Waals surface area contributed by atoms with E-state index in [4.69, 9.17) is 9.15 Å². The minimum atomic E-state index is -0.278. The molecule has 0 unspecified atom stereocenters. The summed E-state index contributed by atoms with van der Waals surface area (Å²) in [4.78, 5) is 14.3. The average molecular weight is 276 g/mol. The Morgan fingerprint density at radius 1 is 1.25 bits per heavy atom. The molecule has 0 radical (unpaired) electrons. The maximum atomic E-state index is 11.9. The third-order valence-corrected chi connectivity index (χ3v) is 3.92. The van der Waals surface area contributed by atoms with Crippen molar-refractivity contribution in [1.82, 2.24) is 9.47 Å². The summed E-state index contributed by atoms with van der Waals surface area (Å²) in [5.41, 5.74) is 1.52. The zero-order chi connectivity index (χ0) is 14.1. The van der Waals surface area contributed by atoms with E-state index in [0.717, 1.165) is 25.2 Å². The Balaban J connectivity index is 1.77. The van der Waals surface area contributed by atoms with E-state index in [1.165, 1.54) is 0 Å². The number of hydrogen-bond acceptors (Lipinski definition) is 4. The van der Waals surface area contributed by atoms with Gasteiger partial charge >= 0.3 is 5.76 Å². The van der Waals surface area contributed by atoms with Gasteiger partial charge in [0.05, 0.1) is 18.2 Å². The molecule has 5 nitrogen and oxygen atoms in total. The quantitative estimate of drug-likeness (QED) is 0.856. The maximum Gasteiger partial charge on any atom is 0.419 e. The van der Waals surface area contributed by atoms with Crippen LogP contribution in [0, 0.1) is 0 Å². The molecular formula is C15H20N2O3.